The van der Waals surface area contributed by atoms with Gasteiger partial charge in [0.25, 0.3) is 5.91 Å². The summed E-state index contributed by atoms with van der Waals surface area (Å²) in [6, 6.07) is 9.25. The summed E-state index contributed by atoms with van der Waals surface area (Å²) >= 11 is 6.13. The third-order valence-electron chi connectivity index (χ3n) is 3.55. The highest BCUT2D eigenvalue weighted by molar-refractivity contribution is 6.31. The lowest BCUT2D eigenvalue weighted by Crippen LogP contribution is -2.26. The Balaban J connectivity index is 2.07. The molecule has 4 nitrogen and oxygen atoms in total. The molecular weight excluding hydrogens is 310 g/mol. The number of rotatable bonds is 6. The Morgan fingerprint density at radius 3 is 2.83 bits per heavy atom. The minimum absolute atomic E-state index is 0.155. The van der Waals surface area contributed by atoms with Gasteiger partial charge in [-0.15, -0.1) is 0 Å². The van der Waals surface area contributed by atoms with Gasteiger partial charge in [0, 0.05) is 29.1 Å². The molecule has 0 spiro atoms. The Bertz CT molecular complexity index is 686. The van der Waals surface area contributed by atoms with Crippen LogP contribution in [-0.2, 0) is 0 Å². The molecule has 5 heteroatoms. The van der Waals surface area contributed by atoms with Crippen LogP contribution >= 0.6 is 11.6 Å². The Kier molecular flexibility index (Phi) is 5.99. The van der Waals surface area contributed by atoms with Crippen LogP contribution < -0.4 is 10.6 Å². The fraction of sp³-hybridized carbons (Fsp3) is 0.333. The van der Waals surface area contributed by atoms with Gasteiger partial charge in [-0.2, -0.15) is 0 Å². The lowest BCUT2D eigenvalue weighted by molar-refractivity contribution is 0.0947. The summed E-state index contributed by atoms with van der Waals surface area (Å²) < 4.78 is 0. The monoisotopic (exact) mass is 331 g/mol. The molecule has 2 rings (SSSR count). The molecule has 0 fully saturated rings. The van der Waals surface area contributed by atoms with E-state index in [1.165, 1.54) is 0 Å². The van der Waals surface area contributed by atoms with E-state index < -0.39 is 0 Å². The zero-order valence-corrected chi connectivity index (χ0v) is 14.4. The van der Waals surface area contributed by atoms with Crippen LogP contribution in [0.2, 0.25) is 5.02 Å². The topological polar surface area (TPSA) is 54.0 Å². The van der Waals surface area contributed by atoms with E-state index in [-0.39, 0.29) is 5.91 Å². The second-order valence-corrected chi connectivity index (χ2v) is 6.31. The fourth-order valence-electron chi connectivity index (χ4n) is 2.10. The van der Waals surface area contributed by atoms with Crippen LogP contribution in [0.25, 0.3) is 0 Å². The van der Waals surface area contributed by atoms with Crippen molar-refractivity contribution in [2.45, 2.75) is 27.2 Å². The van der Waals surface area contributed by atoms with Crippen LogP contribution in [-0.4, -0.2) is 17.4 Å². The van der Waals surface area contributed by atoms with E-state index in [1.54, 1.807) is 12.3 Å². The third kappa shape index (κ3) is 4.96. The molecule has 1 amide bonds. The molecule has 0 aliphatic carbocycles. The fourth-order valence-corrected chi connectivity index (χ4v) is 2.27. The summed E-state index contributed by atoms with van der Waals surface area (Å²) in [5.74, 6) is 0.402. The first-order valence-corrected chi connectivity index (χ1v) is 8.11. The first-order chi connectivity index (χ1) is 11.0. The number of pyridine rings is 1. The molecule has 2 aromatic rings. The van der Waals surface area contributed by atoms with Crippen LogP contribution in [0.5, 0.6) is 0 Å². The van der Waals surface area contributed by atoms with Gasteiger partial charge in [-0.1, -0.05) is 31.5 Å². The van der Waals surface area contributed by atoms with Gasteiger partial charge in [-0.05, 0) is 49.1 Å². The van der Waals surface area contributed by atoms with Gasteiger partial charge in [0.05, 0.1) is 0 Å². The predicted octanol–water partition coefficient (Wildman–Crippen LogP) is 4.56. The number of nitrogens with zero attached hydrogens (tertiary/aromatic N) is 1. The van der Waals surface area contributed by atoms with E-state index in [1.807, 2.05) is 31.2 Å². The second kappa shape index (κ2) is 7.97. The molecule has 23 heavy (non-hydrogen) atoms. The molecule has 1 heterocycles. The van der Waals surface area contributed by atoms with E-state index in [9.17, 15) is 4.79 Å². The van der Waals surface area contributed by atoms with Crippen molar-refractivity contribution in [2.24, 2.45) is 5.92 Å². The van der Waals surface area contributed by atoms with Gasteiger partial charge in [0.1, 0.15) is 5.69 Å². The number of benzene rings is 1. The average Bonchev–Trinajstić information content (AvgIpc) is 2.52. The molecule has 0 aliphatic heterocycles. The van der Waals surface area contributed by atoms with Crippen LogP contribution in [0.15, 0.2) is 36.5 Å². The van der Waals surface area contributed by atoms with Crippen molar-refractivity contribution < 1.29 is 4.79 Å². The minimum Gasteiger partial charge on any atom is -0.355 e. The largest absolute Gasteiger partial charge is 0.355 e. The molecule has 2 N–H and O–H groups in total. The molecule has 0 saturated heterocycles. The molecule has 0 radical (unpaired) electrons. The second-order valence-electron chi connectivity index (χ2n) is 5.91. The number of aromatic nitrogens is 1. The molecule has 1 aromatic carbocycles. The maximum Gasteiger partial charge on any atom is 0.269 e. The Morgan fingerprint density at radius 2 is 2.09 bits per heavy atom. The maximum absolute atomic E-state index is 12.1. The standard InChI is InChI=1S/C18H22ClN3O/c1-12(2)7-9-21-18(23)17-11-14(8-10-20-17)22-16-6-4-5-15(19)13(16)3/h4-6,8,10-12H,7,9H2,1-3H3,(H,20,22)(H,21,23). The normalized spacial score (nSPS) is 10.7. The SMILES string of the molecule is Cc1c(Cl)cccc1Nc1ccnc(C(=O)NCCC(C)C)c1. The Hall–Kier alpha value is -2.07. The zero-order chi connectivity index (χ0) is 16.8. The Labute approximate surface area is 142 Å². The van der Waals surface area contributed by atoms with E-state index in [4.69, 9.17) is 11.6 Å². The van der Waals surface area contributed by atoms with E-state index in [2.05, 4.69) is 29.5 Å². The number of carbonyl (C=O) groups is 1. The van der Waals surface area contributed by atoms with Gasteiger partial charge in [-0.25, -0.2) is 0 Å². The summed E-state index contributed by atoms with van der Waals surface area (Å²) in [6.45, 7) is 6.86. The van der Waals surface area contributed by atoms with Crippen molar-refractivity contribution in [1.82, 2.24) is 10.3 Å². The molecule has 0 aliphatic rings. The number of hydrogen-bond acceptors (Lipinski definition) is 3. The lowest BCUT2D eigenvalue weighted by Gasteiger charge is -2.12. The number of hydrogen-bond donors (Lipinski definition) is 2. The molecule has 0 saturated carbocycles. The molecule has 0 bridgehead atoms. The summed E-state index contributed by atoms with van der Waals surface area (Å²) in [6.07, 6.45) is 2.57. The molecule has 0 unspecified atom stereocenters. The summed E-state index contributed by atoms with van der Waals surface area (Å²) in [4.78, 5) is 16.3. The van der Waals surface area contributed by atoms with Crippen molar-refractivity contribution in [1.29, 1.82) is 0 Å². The number of carbonyl (C=O) groups excluding carboxylic acids is 1. The van der Waals surface area contributed by atoms with Crippen molar-refractivity contribution in [3.8, 4) is 0 Å². The van der Waals surface area contributed by atoms with Gasteiger partial charge in [-0.3, -0.25) is 9.78 Å². The van der Waals surface area contributed by atoms with E-state index in [0.717, 1.165) is 23.4 Å². The first-order valence-electron chi connectivity index (χ1n) is 7.73. The van der Waals surface area contributed by atoms with Crippen molar-refractivity contribution in [2.75, 3.05) is 11.9 Å². The van der Waals surface area contributed by atoms with Crippen LogP contribution in [0.3, 0.4) is 0 Å². The van der Waals surface area contributed by atoms with Crippen molar-refractivity contribution in [3.63, 3.8) is 0 Å². The summed E-state index contributed by atoms with van der Waals surface area (Å²) in [5, 5.41) is 6.87. The number of halogens is 1. The minimum atomic E-state index is -0.155. The summed E-state index contributed by atoms with van der Waals surface area (Å²) in [5.41, 5.74) is 3.08. The number of nitrogens with one attached hydrogen (secondary N) is 2. The lowest BCUT2D eigenvalue weighted by atomic mass is 10.1. The molecule has 1 aromatic heterocycles. The van der Waals surface area contributed by atoms with E-state index >= 15 is 0 Å². The number of amides is 1. The van der Waals surface area contributed by atoms with Crippen LogP contribution in [0, 0.1) is 12.8 Å². The third-order valence-corrected chi connectivity index (χ3v) is 3.96. The molecule has 122 valence electrons. The predicted molar refractivity (Wildman–Crippen MR) is 95.5 cm³/mol. The molecular formula is C18H22ClN3O. The number of anilines is 2. The average molecular weight is 332 g/mol. The summed E-state index contributed by atoms with van der Waals surface area (Å²) in [7, 11) is 0. The van der Waals surface area contributed by atoms with E-state index in [0.29, 0.717) is 23.2 Å². The van der Waals surface area contributed by atoms with Gasteiger partial charge < -0.3 is 10.6 Å². The highest BCUT2D eigenvalue weighted by Gasteiger charge is 2.09. The van der Waals surface area contributed by atoms with Crippen LogP contribution in [0.4, 0.5) is 11.4 Å². The Morgan fingerprint density at radius 1 is 1.30 bits per heavy atom. The van der Waals surface area contributed by atoms with Gasteiger partial charge >= 0.3 is 0 Å². The molecule has 0 atom stereocenters. The van der Waals surface area contributed by atoms with Crippen molar-refractivity contribution in [3.05, 3.63) is 52.8 Å². The van der Waals surface area contributed by atoms with Crippen molar-refractivity contribution >= 4 is 28.9 Å². The highest BCUT2D eigenvalue weighted by atomic mass is 35.5. The van der Waals surface area contributed by atoms with Gasteiger partial charge in [0.2, 0.25) is 0 Å². The smallest absolute Gasteiger partial charge is 0.269 e. The highest BCUT2D eigenvalue weighted by Crippen LogP contribution is 2.26. The quantitative estimate of drug-likeness (QED) is 0.815. The van der Waals surface area contributed by atoms with Crippen LogP contribution in [0.1, 0.15) is 36.3 Å². The van der Waals surface area contributed by atoms with Gasteiger partial charge in [0.15, 0.2) is 0 Å². The maximum atomic E-state index is 12.1. The zero-order valence-electron chi connectivity index (χ0n) is 13.7. The first kappa shape index (κ1) is 17.3.